The van der Waals surface area contributed by atoms with E-state index in [4.69, 9.17) is 27.9 Å². The van der Waals surface area contributed by atoms with Gasteiger partial charge in [0.2, 0.25) is 0 Å². The summed E-state index contributed by atoms with van der Waals surface area (Å²) in [5.41, 5.74) is 2.20. The van der Waals surface area contributed by atoms with Gasteiger partial charge >= 0.3 is 0 Å². The molecule has 1 heterocycles. The van der Waals surface area contributed by atoms with E-state index in [1.165, 1.54) is 0 Å². The van der Waals surface area contributed by atoms with Gasteiger partial charge in [-0.2, -0.15) is 0 Å². The summed E-state index contributed by atoms with van der Waals surface area (Å²) in [6, 6.07) is 5.86. The van der Waals surface area contributed by atoms with E-state index in [9.17, 15) is 0 Å². The largest absolute Gasteiger partial charge is 0.496 e. The van der Waals surface area contributed by atoms with Crippen molar-refractivity contribution in [2.75, 3.05) is 13.7 Å². The summed E-state index contributed by atoms with van der Waals surface area (Å²) < 4.78 is 5.43. The molecule has 0 fully saturated rings. The van der Waals surface area contributed by atoms with E-state index in [0.29, 0.717) is 0 Å². The van der Waals surface area contributed by atoms with Gasteiger partial charge < -0.3 is 10.1 Å². The van der Waals surface area contributed by atoms with Gasteiger partial charge in [-0.15, -0.1) is 11.3 Å². The first-order valence-corrected chi connectivity index (χ1v) is 8.49. The molecule has 21 heavy (non-hydrogen) atoms. The molecule has 0 aliphatic carbocycles. The zero-order valence-corrected chi connectivity index (χ0v) is 14.7. The lowest BCUT2D eigenvalue weighted by molar-refractivity contribution is 0.406. The van der Waals surface area contributed by atoms with Crippen molar-refractivity contribution in [1.82, 2.24) is 5.32 Å². The number of methoxy groups -OCH3 is 1. The van der Waals surface area contributed by atoms with E-state index >= 15 is 0 Å². The van der Waals surface area contributed by atoms with Crippen LogP contribution in [0.25, 0.3) is 0 Å². The fraction of sp³-hybridized carbons (Fsp3) is 0.375. The second-order valence-electron chi connectivity index (χ2n) is 4.87. The van der Waals surface area contributed by atoms with Gasteiger partial charge in [0.1, 0.15) is 5.75 Å². The third kappa shape index (κ3) is 3.92. The first-order valence-electron chi connectivity index (χ1n) is 6.86. The standard InChI is InChI=1S/C16H19Cl2NOS/c1-4-19-13(16-15(18)10(2)9-21-16)8-11-7-12(17)5-6-14(11)20-3/h5-7,9,13,19H,4,8H2,1-3H3. The molecule has 1 atom stereocenters. The van der Waals surface area contributed by atoms with Crippen LogP contribution >= 0.6 is 34.5 Å². The van der Waals surface area contributed by atoms with Crippen molar-refractivity contribution in [3.05, 3.63) is 49.6 Å². The van der Waals surface area contributed by atoms with Gasteiger partial charge in [-0.3, -0.25) is 0 Å². The molecule has 0 bridgehead atoms. The lowest BCUT2D eigenvalue weighted by Gasteiger charge is -2.19. The molecule has 0 amide bonds. The number of benzene rings is 1. The SMILES string of the molecule is CCNC(Cc1cc(Cl)ccc1OC)c1scc(C)c1Cl. The van der Waals surface area contributed by atoms with Crippen molar-refractivity contribution in [2.24, 2.45) is 0 Å². The number of hydrogen-bond acceptors (Lipinski definition) is 3. The minimum atomic E-state index is 0.161. The second-order valence-corrected chi connectivity index (χ2v) is 6.59. The predicted molar refractivity (Wildman–Crippen MR) is 92.2 cm³/mol. The molecule has 114 valence electrons. The van der Waals surface area contributed by atoms with Crippen LogP contribution in [0.15, 0.2) is 23.6 Å². The molecular formula is C16H19Cl2NOS. The molecule has 2 rings (SSSR count). The maximum atomic E-state index is 6.42. The number of nitrogens with one attached hydrogen (secondary N) is 1. The van der Waals surface area contributed by atoms with Crippen LogP contribution in [0.5, 0.6) is 5.75 Å². The zero-order chi connectivity index (χ0) is 15.4. The predicted octanol–water partition coefficient (Wildman–Crippen LogP) is 5.27. The number of ether oxygens (including phenoxy) is 1. The Morgan fingerprint density at radius 3 is 2.67 bits per heavy atom. The summed E-state index contributed by atoms with van der Waals surface area (Å²) in [5.74, 6) is 0.853. The molecule has 2 aromatic rings. The van der Waals surface area contributed by atoms with Crippen LogP contribution in [0.2, 0.25) is 10.0 Å². The lowest BCUT2D eigenvalue weighted by atomic mass is 10.0. The van der Waals surface area contributed by atoms with Gasteiger partial charge in [0.15, 0.2) is 0 Å². The number of aryl methyl sites for hydroxylation is 1. The average molecular weight is 344 g/mol. The van der Waals surface area contributed by atoms with Crippen LogP contribution in [0.1, 0.15) is 29.0 Å². The molecule has 0 saturated carbocycles. The second kappa shape index (κ2) is 7.50. The number of hydrogen-bond donors (Lipinski definition) is 1. The van der Waals surface area contributed by atoms with Crippen LogP contribution in [0.3, 0.4) is 0 Å². The Morgan fingerprint density at radius 1 is 1.33 bits per heavy atom. The maximum absolute atomic E-state index is 6.42. The van der Waals surface area contributed by atoms with Crippen molar-refractivity contribution in [3.8, 4) is 5.75 Å². The average Bonchev–Trinajstić information content (AvgIpc) is 2.79. The van der Waals surface area contributed by atoms with Crippen LogP contribution in [0, 0.1) is 6.92 Å². The third-order valence-electron chi connectivity index (χ3n) is 3.36. The number of likely N-dealkylation sites (N-methyl/N-ethyl adjacent to an activating group) is 1. The fourth-order valence-electron chi connectivity index (χ4n) is 2.32. The molecule has 1 unspecified atom stereocenters. The number of thiophene rings is 1. The lowest BCUT2D eigenvalue weighted by Crippen LogP contribution is -2.22. The molecule has 0 aliphatic rings. The van der Waals surface area contributed by atoms with Gasteiger partial charge in [-0.1, -0.05) is 30.1 Å². The minimum absolute atomic E-state index is 0.161. The molecule has 0 radical (unpaired) electrons. The van der Waals surface area contributed by atoms with E-state index < -0.39 is 0 Å². The van der Waals surface area contributed by atoms with E-state index in [1.807, 2.05) is 25.1 Å². The molecule has 1 aromatic heterocycles. The summed E-state index contributed by atoms with van der Waals surface area (Å²) >= 11 is 14.2. The molecule has 0 saturated heterocycles. The van der Waals surface area contributed by atoms with E-state index in [1.54, 1.807) is 18.4 Å². The highest BCUT2D eigenvalue weighted by atomic mass is 35.5. The van der Waals surface area contributed by atoms with E-state index in [-0.39, 0.29) is 6.04 Å². The highest BCUT2D eigenvalue weighted by molar-refractivity contribution is 7.10. The minimum Gasteiger partial charge on any atom is -0.496 e. The monoisotopic (exact) mass is 343 g/mol. The summed E-state index contributed by atoms with van der Waals surface area (Å²) in [6.45, 7) is 5.00. The van der Waals surface area contributed by atoms with Gasteiger partial charge in [-0.05, 0) is 54.6 Å². The highest BCUT2D eigenvalue weighted by Gasteiger charge is 2.19. The summed E-state index contributed by atoms with van der Waals surface area (Å²) in [7, 11) is 1.68. The smallest absolute Gasteiger partial charge is 0.122 e. The molecule has 1 aromatic carbocycles. The maximum Gasteiger partial charge on any atom is 0.122 e. The normalized spacial score (nSPS) is 12.4. The Hall–Kier alpha value is -0.740. The van der Waals surface area contributed by atoms with Gasteiger partial charge in [0.05, 0.1) is 12.1 Å². The van der Waals surface area contributed by atoms with Crippen LogP contribution in [-0.2, 0) is 6.42 Å². The van der Waals surface area contributed by atoms with Crippen LogP contribution in [-0.4, -0.2) is 13.7 Å². The molecule has 2 nitrogen and oxygen atoms in total. The van der Waals surface area contributed by atoms with Crippen molar-refractivity contribution in [1.29, 1.82) is 0 Å². The Balaban J connectivity index is 2.32. The van der Waals surface area contributed by atoms with E-state index in [0.717, 1.165) is 44.8 Å². The van der Waals surface area contributed by atoms with Crippen molar-refractivity contribution >= 4 is 34.5 Å². The van der Waals surface area contributed by atoms with Gasteiger partial charge in [0, 0.05) is 15.9 Å². The Morgan fingerprint density at radius 2 is 2.10 bits per heavy atom. The summed E-state index contributed by atoms with van der Waals surface area (Å²) in [4.78, 5) is 1.16. The first-order chi connectivity index (χ1) is 10.1. The zero-order valence-electron chi connectivity index (χ0n) is 12.4. The molecule has 0 spiro atoms. The summed E-state index contributed by atoms with van der Waals surface area (Å²) in [5, 5.41) is 7.16. The van der Waals surface area contributed by atoms with Gasteiger partial charge in [-0.25, -0.2) is 0 Å². The van der Waals surface area contributed by atoms with Crippen LogP contribution in [0.4, 0.5) is 0 Å². The summed E-state index contributed by atoms with van der Waals surface area (Å²) in [6.07, 6.45) is 0.789. The Kier molecular flexibility index (Phi) is 5.94. The fourth-order valence-corrected chi connectivity index (χ4v) is 3.91. The van der Waals surface area contributed by atoms with Crippen molar-refractivity contribution in [2.45, 2.75) is 26.3 Å². The number of rotatable bonds is 6. The van der Waals surface area contributed by atoms with Crippen LogP contribution < -0.4 is 10.1 Å². The third-order valence-corrected chi connectivity index (χ3v) is 5.42. The Bertz CT molecular complexity index is 612. The highest BCUT2D eigenvalue weighted by Crippen LogP contribution is 2.35. The van der Waals surface area contributed by atoms with Gasteiger partial charge in [0.25, 0.3) is 0 Å². The first kappa shape index (κ1) is 16.6. The molecule has 1 N–H and O–H groups in total. The molecular weight excluding hydrogens is 325 g/mol. The quantitative estimate of drug-likeness (QED) is 0.771. The molecule has 5 heteroatoms. The van der Waals surface area contributed by atoms with Crippen molar-refractivity contribution < 1.29 is 4.74 Å². The van der Waals surface area contributed by atoms with Crippen molar-refractivity contribution in [3.63, 3.8) is 0 Å². The Labute approximate surface area is 140 Å². The molecule has 0 aliphatic heterocycles. The topological polar surface area (TPSA) is 21.3 Å². The number of halogens is 2. The van der Waals surface area contributed by atoms with E-state index in [2.05, 4.69) is 17.6 Å².